The topological polar surface area (TPSA) is 121 Å². The number of nitrogens with one attached hydrogen (secondary N) is 1. The molecule has 0 saturated carbocycles. The highest BCUT2D eigenvalue weighted by molar-refractivity contribution is 7.89. The van der Waals surface area contributed by atoms with Crippen LogP contribution >= 0.6 is 0 Å². The van der Waals surface area contributed by atoms with Gasteiger partial charge < -0.3 is 10.2 Å². The molecule has 0 aromatic rings. The maximum Gasteiger partial charge on any atom is 0.321 e. The molecule has 0 heterocycles. The molecule has 0 aliphatic heterocycles. The zero-order valence-corrected chi connectivity index (χ0v) is 11.9. The Hall–Kier alpha value is -1.15. The second-order valence-electron chi connectivity index (χ2n) is 4.80. The summed E-state index contributed by atoms with van der Waals surface area (Å²) in [6, 6.07) is -1.27. The Morgan fingerprint density at radius 1 is 1.16 bits per heavy atom. The number of sulfonamides is 1. The zero-order chi connectivity index (χ0) is 15.1. The van der Waals surface area contributed by atoms with Crippen molar-refractivity contribution in [1.29, 1.82) is 0 Å². The monoisotopic (exact) mass is 295 g/mol. The smallest absolute Gasteiger partial charge is 0.321 e. The summed E-state index contributed by atoms with van der Waals surface area (Å²) in [6.07, 6.45) is 0.329. The first-order valence-corrected chi connectivity index (χ1v) is 7.74. The minimum atomic E-state index is -3.65. The first-order valence-electron chi connectivity index (χ1n) is 6.08. The van der Waals surface area contributed by atoms with Gasteiger partial charge in [0.05, 0.1) is 5.75 Å². The number of aliphatic carboxylic acids is 2. The Kier molecular flexibility index (Phi) is 7.62. The number of carbonyl (C=O) groups is 2. The van der Waals surface area contributed by atoms with Gasteiger partial charge in [0.2, 0.25) is 10.0 Å². The minimum absolute atomic E-state index is 0.0391. The van der Waals surface area contributed by atoms with Gasteiger partial charge in [-0.05, 0) is 25.2 Å². The van der Waals surface area contributed by atoms with E-state index in [4.69, 9.17) is 10.2 Å². The van der Waals surface area contributed by atoms with Crippen molar-refractivity contribution in [3.8, 4) is 0 Å². The summed E-state index contributed by atoms with van der Waals surface area (Å²) in [6.45, 7) is 3.74. The van der Waals surface area contributed by atoms with E-state index in [0.717, 1.165) is 0 Å². The van der Waals surface area contributed by atoms with Crippen molar-refractivity contribution in [1.82, 2.24) is 4.72 Å². The molecule has 0 amide bonds. The highest BCUT2D eigenvalue weighted by Gasteiger charge is 2.23. The van der Waals surface area contributed by atoms with Crippen LogP contribution in [0, 0.1) is 5.92 Å². The number of carboxylic acid groups (broad SMARTS) is 2. The van der Waals surface area contributed by atoms with E-state index in [1.54, 1.807) is 0 Å². The molecule has 3 N–H and O–H groups in total. The lowest BCUT2D eigenvalue weighted by Crippen LogP contribution is -2.42. The molecule has 0 aromatic heterocycles. The summed E-state index contributed by atoms with van der Waals surface area (Å²) in [5, 5.41) is 17.4. The first-order chi connectivity index (χ1) is 8.64. The SMILES string of the molecule is CC(C)CCS(=O)(=O)N[C@H](CCCC(=O)O)C(=O)O. The molecule has 19 heavy (non-hydrogen) atoms. The van der Waals surface area contributed by atoms with E-state index in [1.807, 2.05) is 13.8 Å². The van der Waals surface area contributed by atoms with Gasteiger partial charge >= 0.3 is 11.9 Å². The quantitative estimate of drug-likeness (QED) is 0.544. The van der Waals surface area contributed by atoms with E-state index in [1.165, 1.54) is 0 Å². The molecule has 0 fully saturated rings. The van der Waals surface area contributed by atoms with E-state index < -0.39 is 28.0 Å². The van der Waals surface area contributed by atoms with Crippen molar-refractivity contribution >= 4 is 22.0 Å². The van der Waals surface area contributed by atoms with Gasteiger partial charge in [-0.25, -0.2) is 13.1 Å². The van der Waals surface area contributed by atoms with Crippen molar-refractivity contribution in [2.45, 2.75) is 45.6 Å². The lowest BCUT2D eigenvalue weighted by molar-refractivity contribution is -0.140. The molecule has 7 nitrogen and oxygen atoms in total. The Labute approximate surface area is 113 Å². The number of hydrogen-bond acceptors (Lipinski definition) is 4. The Morgan fingerprint density at radius 2 is 1.74 bits per heavy atom. The standard InChI is InChI=1S/C11H21NO6S/c1-8(2)6-7-19(17,18)12-9(11(15)16)4-3-5-10(13)14/h8-9,12H,3-7H2,1-2H3,(H,13,14)(H,15,16)/t9-/m1/s1. The van der Waals surface area contributed by atoms with Crippen molar-refractivity contribution in [3.63, 3.8) is 0 Å². The van der Waals surface area contributed by atoms with E-state index in [0.29, 0.717) is 6.42 Å². The summed E-state index contributed by atoms with van der Waals surface area (Å²) < 4.78 is 25.4. The van der Waals surface area contributed by atoms with Gasteiger partial charge in [-0.3, -0.25) is 9.59 Å². The van der Waals surface area contributed by atoms with Crippen LogP contribution in [0.15, 0.2) is 0 Å². The highest BCUT2D eigenvalue weighted by atomic mass is 32.2. The van der Waals surface area contributed by atoms with Crippen LogP contribution in [0.25, 0.3) is 0 Å². The molecule has 0 aliphatic carbocycles. The molecular weight excluding hydrogens is 274 g/mol. The predicted octanol–water partition coefficient (Wildman–Crippen LogP) is 0.660. The molecule has 0 aromatic carbocycles. The van der Waals surface area contributed by atoms with Crippen LogP contribution in [-0.4, -0.2) is 42.4 Å². The molecule has 0 bridgehead atoms. The van der Waals surface area contributed by atoms with Crippen molar-refractivity contribution in [3.05, 3.63) is 0 Å². The van der Waals surface area contributed by atoms with Crippen LogP contribution in [0.1, 0.15) is 39.5 Å². The molecule has 1 atom stereocenters. The average Bonchev–Trinajstić information content (AvgIpc) is 2.24. The molecule has 0 rings (SSSR count). The van der Waals surface area contributed by atoms with Crippen LogP contribution < -0.4 is 4.72 Å². The van der Waals surface area contributed by atoms with E-state index in [2.05, 4.69) is 4.72 Å². The van der Waals surface area contributed by atoms with E-state index >= 15 is 0 Å². The summed E-state index contributed by atoms with van der Waals surface area (Å²) >= 11 is 0. The second-order valence-corrected chi connectivity index (χ2v) is 6.67. The minimum Gasteiger partial charge on any atom is -0.481 e. The fourth-order valence-corrected chi connectivity index (χ4v) is 2.91. The van der Waals surface area contributed by atoms with Gasteiger partial charge in [0.25, 0.3) is 0 Å². The van der Waals surface area contributed by atoms with Crippen LogP contribution in [0.3, 0.4) is 0 Å². The van der Waals surface area contributed by atoms with Gasteiger partial charge in [0, 0.05) is 6.42 Å². The molecule has 112 valence electrons. The first kappa shape index (κ1) is 17.8. The fourth-order valence-electron chi connectivity index (χ4n) is 1.36. The third-order valence-corrected chi connectivity index (χ3v) is 3.88. The average molecular weight is 295 g/mol. The lowest BCUT2D eigenvalue weighted by Gasteiger charge is -2.14. The van der Waals surface area contributed by atoms with Gasteiger partial charge in [-0.15, -0.1) is 0 Å². The molecule has 0 saturated heterocycles. The maximum atomic E-state index is 11.7. The normalized spacial score (nSPS) is 13.4. The van der Waals surface area contributed by atoms with Crippen LogP contribution in [0.2, 0.25) is 0 Å². The predicted molar refractivity (Wildman–Crippen MR) is 69.3 cm³/mol. The summed E-state index contributed by atoms with van der Waals surface area (Å²) in [5.41, 5.74) is 0. The molecule has 0 unspecified atom stereocenters. The maximum absolute atomic E-state index is 11.7. The number of hydrogen-bond donors (Lipinski definition) is 3. The van der Waals surface area contributed by atoms with Gasteiger partial charge in [0.15, 0.2) is 0 Å². The van der Waals surface area contributed by atoms with Crippen LogP contribution in [-0.2, 0) is 19.6 Å². The Balaban J connectivity index is 4.40. The second kappa shape index (κ2) is 8.11. The van der Waals surface area contributed by atoms with Gasteiger partial charge in [-0.2, -0.15) is 0 Å². The van der Waals surface area contributed by atoms with Crippen molar-refractivity contribution < 1.29 is 28.2 Å². The van der Waals surface area contributed by atoms with Gasteiger partial charge in [0.1, 0.15) is 6.04 Å². The van der Waals surface area contributed by atoms with Crippen molar-refractivity contribution in [2.75, 3.05) is 5.75 Å². The Morgan fingerprint density at radius 3 is 2.16 bits per heavy atom. The lowest BCUT2D eigenvalue weighted by atomic mass is 10.1. The van der Waals surface area contributed by atoms with E-state index in [9.17, 15) is 18.0 Å². The van der Waals surface area contributed by atoms with Gasteiger partial charge in [-0.1, -0.05) is 13.8 Å². The Bertz CT molecular complexity index is 403. The molecule has 0 aliphatic rings. The zero-order valence-electron chi connectivity index (χ0n) is 11.1. The fraction of sp³-hybridized carbons (Fsp3) is 0.818. The summed E-state index contributed by atoms with van der Waals surface area (Å²) in [5.74, 6) is -2.26. The number of carboxylic acids is 2. The van der Waals surface area contributed by atoms with Crippen LogP contribution in [0.5, 0.6) is 0 Å². The summed E-state index contributed by atoms with van der Waals surface area (Å²) in [4.78, 5) is 21.2. The highest BCUT2D eigenvalue weighted by Crippen LogP contribution is 2.06. The molecule has 0 radical (unpaired) electrons. The van der Waals surface area contributed by atoms with Crippen molar-refractivity contribution in [2.24, 2.45) is 5.92 Å². The summed E-state index contributed by atoms with van der Waals surface area (Å²) in [7, 11) is -3.65. The molecule has 0 spiro atoms. The number of rotatable bonds is 10. The molecular formula is C11H21NO6S. The van der Waals surface area contributed by atoms with E-state index in [-0.39, 0.29) is 30.9 Å². The third kappa shape index (κ3) is 9.43. The van der Waals surface area contributed by atoms with Crippen LogP contribution in [0.4, 0.5) is 0 Å². The largest absolute Gasteiger partial charge is 0.481 e. The molecule has 8 heteroatoms. The third-order valence-electron chi connectivity index (χ3n) is 2.47.